The first-order chi connectivity index (χ1) is 16.0. The van der Waals surface area contributed by atoms with Crippen LogP contribution in [0.5, 0.6) is 11.5 Å². The largest absolute Gasteiger partial charge is 0.493 e. The van der Waals surface area contributed by atoms with Crippen molar-refractivity contribution >= 4 is 29.6 Å². The number of nitrogens with zero attached hydrogens (tertiary/aromatic N) is 1. The summed E-state index contributed by atoms with van der Waals surface area (Å²) in [6.07, 6.45) is 1.29. The lowest BCUT2D eigenvalue weighted by molar-refractivity contribution is -0.139. The fourth-order valence-corrected chi connectivity index (χ4v) is 3.05. The normalized spacial score (nSPS) is 10.6. The van der Waals surface area contributed by atoms with Crippen molar-refractivity contribution in [2.45, 2.75) is 13.2 Å². The van der Waals surface area contributed by atoms with Gasteiger partial charge in [-0.05, 0) is 29.8 Å². The van der Waals surface area contributed by atoms with Crippen LogP contribution in [0.15, 0.2) is 71.8 Å². The fourth-order valence-electron chi connectivity index (χ4n) is 2.83. The summed E-state index contributed by atoms with van der Waals surface area (Å²) in [4.78, 5) is 24.0. The Bertz CT molecular complexity index is 1140. The van der Waals surface area contributed by atoms with E-state index >= 15 is 0 Å². The molecule has 0 atom stereocenters. The predicted octanol–water partition coefficient (Wildman–Crippen LogP) is 3.83. The van der Waals surface area contributed by atoms with Gasteiger partial charge in [0.05, 0.1) is 18.3 Å². The molecule has 0 saturated carbocycles. The molecule has 0 spiro atoms. The molecule has 0 radical (unpaired) electrons. The third-order valence-electron chi connectivity index (χ3n) is 4.52. The molecule has 33 heavy (non-hydrogen) atoms. The number of methoxy groups -OCH3 is 1. The van der Waals surface area contributed by atoms with Gasteiger partial charge in [-0.25, -0.2) is 9.82 Å². The van der Waals surface area contributed by atoms with Gasteiger partial charge in [0.2, 0.25) is 0 Å². The number of benzene rings is 3. The van der Waals surface area contributed by atoms with Crippen molar-refractivity contribution in [3.63, 3.8) is 0 Å². The van der Waals surface area contributed by atoms with E-state index < -0.39 is 17.6 Å². The number of carbonyl (C=O) groups excluding carboxylic acids is 2. The van der Waals surface area contributed by atoms with E-state index in [9.17, 15) is 14.0 Å². The van der Waals surface area contributed by atoms with Gasteiger partial charge in [0.25, 0.3) is 0 Å². The Kier molecular flexibility index (Phi) is 8.37. The van der Waals surface area contributed by atoms with E-state index in [1.165, 1.54) is 25.5 Å². The number of carbonyl (C=O) groups is 2. The van der Waals surface area contributed by atoms with Gasteiger partial charge >= 0.3 is 11.8 Å². The Labute approximate surface area is 195 Å². The third-order valence-corrected chi connectivity index (χ3v) is 4.88. The number of rotatable bonds is 8. The number of hydrogen-bond acceptors (Lipinski definition) is 5. The van der Waals surface area contributed by atoms with E-state index in [2.05, 4.69) is 15.8 Å². The van der Waals surface area contributed by atoms with Gasteiger partial charge < -0.3 is 14.8 Å². The number of hydrazone groups is 1. The molecule has 0 bridgehead atoms. The lowest BCUT2D eigenvalue weighted by Gasteiger charge is -2.14. The van der Waals surface area contributed by atoms with Crippen molar-refractivity contribution in [1.29, 1.82) is 0 Å². The molecule has 0 aromatic heterocycles. The summed E-state index contributed by atoms with van der Waals surface area (Å²) in [5.41, 5.74) is 3.65. The van der Waals surface area contributed by atoms with Crippen LogP contribution in [0, 0.1) is 5.82 Å². The maximum Gasteiger partial charge on any atom is 0.329 e. The minimum absolute atomic E-state index is 0.152. The molecule has 0 unspecified atom stereocenters. The minimum atomic E-state index is -0.925. The maximum absolute atomic E-state index is 14.1. The fraction of sp³-hybridized carbons (Fsp3) is 0.125. The molecule has 0 aliphatic heterocycles. The highest BCUT2D eigenvalue weighted by Crippen LogP contribution is 2.32. The highest BCUT2D eigenvalue weighted by atomic mass is 35.5. The van der Waals surface area contributed by atoms with Gasteiger partial charge in [-0.3, -0.25) is 9.59 Å². The van der Waals surface area contributed by atoms with Gasteiger partial charge in [0.1, 0.15) is 12.4 Å². The van der Waals surface area contributed by atoms with Crippen molar-refractivity contribution in [2.24, 2.45) is 5.10 Å². The zero-order valence-electron chi connectivity index (χ0n) is 17.7. The molecule has 0 saturated heterocycles. The molecule has 2 N–H and O–H groups in total. The van der Waals surface area contributed by atoms with Gasteiger partial charge in [-0.15, -0.1) is 0 Å². The van der Waals surface area contributed by atoms with Crippen LogP contribution in [-0.2, 0) is 22.7 Å². The van der Waals surface area contributed by atoms with Crippen molar-refractivity contribution in [3.8, 4) is 11.5 Å². The van der Waals surface area contributed by atoms with E-state index in [-0.39, 0.29) is 29.5 Å². The van der Waals surface area contributed by atoms with Crippen LogP contribution in [0.25, 0.3) is 0 Å². The third kappa shape index (κ3) is 6.54. The average Bonchev–Trinajstić information content (AvgIpc) is 2.83. The first-order valence-electron chi connectivity index (χ1n) is 9.87. The highest BCUT2D eigenvalue weighted by molar-refractivity contribution is 6.35. The quantitative estimate of drug-likeness (QED) is 0.298. The lowest BCUT2D eigenvalue weighted by Crippen LogP contribution is -2.37. The van der Waals surface area contributed by atoms with Crippen LogP contribution in [0.1, 0.15) is 16.7 Å². The molecule has 0 aliphatic rings. The first-order valence-corrected chi connectivity index (χ1v) is 10.2. The topological polar surface area (TPSA) is 89.0 Å². The molecule has 7 nitrogen and oxygen atoms in total. The van der Waals surface area contributed by atoms with Gasteiger partial charge in [0, 0.05) is 17.7 Å². The minimum Gasteiger partial charge on any atom is -0.493 e. The Morgan fingerprint density at radius 3 is 2.52 bits per heavy atom. The Balaban J connectivity index is 1.65. The molecule has 0 fully saturated rings. The number of para-hydroxylation sites is 1. The second-order valence-corrected chi connectivity index (χ2v) is 7.14. The monoisotopic (exact) mass is 469 g/mol. The van der Waals surface area contributed by atoms with Gasteiger partial charge in [-0.1, -0.05) is 54.1 Å². The van der Waals surface area contributed by atoms with E-state index in [1.807, 2.05) is 30.3 Å². The van der Waals surface area contributed by atoms with Crippen LogP contribution >= 0.6 is 11.6 Å². The number of hydrogen-bond donors (Lipinski definition) is 2. The molecule has 2 amide bonds. The molecular formula is C24H21ClFN3O4. The van der Waals surface area contributed by atoms with Crippen molar-refractivity contribution < 1.29 is 23.5 Å². The molecule has 170 valence electrons. The Morgan fingerprint density at radius 1 is 1.03 bits per heavy atom. The highest BCUT2D eigenvalue weighted by Gasteiger charge is 2.14. The second kappa shape index (κ2) is 11.6. The summed E-state index contributed by atoms with van der Waals surface area (Å²) in [6, 6.07) is 18.5. The van der Waals surface area contributed by atoms with Crippen molar-refractivity contribution in [2.75, 3.05) is 7.11 Å². The summed E-state index contributed by atoms with van der Waals surface area (Å²) < 4.78 is 25.1. The summed E-state index contributed by atoms with van der Waals surface area (Å²) in [5, 5.41) is 6.56. The average molecular weight is 470 g/mol. The summed E-state index contributed by atoms with van der Waals surface area (Å²) in [5.74, 6) is -1.61. The zero-order chi connectivity index (χ0) is 23.6. The van der Waals surface area contributed by atoms with Gasteiger partial charge in [-0.2, -0.15) is 5.10 Å². The first kappa shape index (κ1) is 23.7. The van der Waals surface area contributed by atoms with Crippen molar-refractivity contribution in [1.82, 2.24) is 10.7 Å². The van der Waals surface area contributed by atoms with Crippen LogP contribution in [0.3, 0.4) is 0 Å². The lowest BCUT2D eigenvalue weighted by atomic mass is 10.2. The number of ether oxygens (including phenoxy) is 2. The molecule has 9 heteroatoms. The summed E-state index contributed by atoms with van der Waals surface area (Å²) in [6.45, 7) is 0.0598. The number of halogens is 2. The van der Waals surface area contributed by atoms with E-state index in [1.54, 1.807) is 24.3 Å². The van der Waals surface area contributed by atoms with E-state index in [0.717, 1.165) is 5.56 Å². The van der Waals surface area contributed by atoms with E-state index in [4.69, 9.17) is 21.1 Å². The Morgan fingerprint density at radius 2 is 1.79 bits per heavy atom. The SMILES string of the molecule is COc1cccc(/C=N\NC(=O)C(=O)NCc2ccccc2)c1OCc1c(F)cccc1Cl. The van der Waals surface area contributed by atoms with Crippen LogP contribution in [-0.4, -0.2) is 25.1 Å². The molecule has 0 heterocycles. The second-order valence-electron chi connectivity index (χ2n) is 6.73. The molecular weight excluding hydrogens is 449 g/mol. The maximum atomic E-state index is 14.1. The summed E-state index contributed by atoms with van der Waals surface area (Å²) in [7, 11) is 1.46. The number of amides is 2. The smallest absolute Gasteiger partial charge is 0.329 e. The molecule has 3 aromatic carbocycles. The molecule has 3 rings (SSSR count). The molecule has 3 aromatic rings. The zero-order valence-corrected chi connectivity index (χ0v) is 18.4. The van der Waals surface area contributed by atoms with Crippen LogP contribution < -0.4 is 20.2 Å². The van der Waals surface area contributed by atoms with Gasteiger partial charge in [0.15, 0.2) is 11.5 Å². The van der Waals surface area contributed by atoms with Crippen LogP contribution in [0.4, 0.5) is 4.39 Å². The summed E-state index contributed by atoms with van der Waals surface area (Å²) >= 11 is 6.06. The van der Waals surface area contributed by atoms with E-state index in [0.29, 0.717) is 11.3 Å². The molecule has 0 aliphatic carbocycles. The predicted molar refractivity (Wildman–Crippen MR) is 123 cm³/mol. The van der Waals surface area contributed by atoms with Crippen molar-refractivity contribution in [3.05, 3.63) is 94.3 Å². The van der Waals surface area contributed by atoms with Crippen LogP contribution in [0.2, 0.25) is 5.02 Å². The Hall–Kier alpha value is -3.91. The standard InChI is InChI=1S/C24H21ClFN3O4/c1-32-21-12-5-9-17(22(21)33-15-18-19(25)10-6-11-20(18)26)14-28-29-24(31)23(30)27-13-16-7-3-2-4-8-16/h2-12,14H,13,15H2,1H3,(H,27,30)(H,29,31)/b28-14-. The number of nitrogens with one attached hydrogen (secondary N) is 2.